The third kappa shape index (κ3) is 3.30. The molecular weight excluding hydrogens is 278 g/mol. The number of nitrogens with one attached hydrogen (secondary N) is 1. The Hall–Kier alpha value is -1.88. The minimum atomic E-state index is -0.342. The van der Waals surface area contributed by atoms with Gasteiger partial charge in [0.2, 0.25) is 11.8 Å². The van der Waals surface area contributed by atoms with Gasteiger partial charge < -0.3 is 10.2 Å². The van der Waals surface area contributed by atoms with Gasteiger partial charge in [-0.3, -0.25) is 14.5 Å². The maximum absolute atomic E-state index is 13.1. The fraction of sp³-hybridized carbons (Fsp3) is 0.529. The molecule has 0 bridgehead atoms. The first-order valence-corrected chi connectivity index (χ1v) is 8.10. The molecule has 2 aliphatic heterocycles. The van der Waals surface area contributed by atoms with Crippen LogP contribution in [0.3, 0.4) is 0 Å². The van der Waals surface area contributed by atoms with Crippen molar-refractivity contribution in [1.29, 1.82) is 0 Å². The molecular formula is C17H23N3O2. The third-order valence-corrected chi connectivity index (χ3v) is 4.45. The quantitative estimate of drug-likeness (QED) is 0.912. The summed E-state index contributed by atoms with van der Waals surface area (Å²) in [7, 11) is 0. The van der Waals surface area contributed by atoms with Crippen LogP contribution in [-0.4, -0.2) is 54.3 Å². The maximum atomic E-state index is 13.1. The Morgan fingerprint density at radius 3 is 2.45 bits per heavy atom. The first kappa shape index (κ1) is 15.0. The summed E-state index contributed by atoms with van der Waals surface area (Å²) < 4.78 is 0. The van der Waals surface area contributed by atoms with Gasteiger partial charge in [0.1, 0.15) is 6.04 Å². The first-order valence-electron chi connectivity index (χ1n) is 8.10. The highest BCUT2D eigenvalue weighted by atomic mass is 16.2. The number of benzene rings is 1. The van der Waals surface area contributed by atoms with Gasteiger partial charge >= 0.3 is 0 Å². The van der Waals surface area contributed by atoms with E-state index in [9.17, 15) is 9.59 Å². The number of carbonyl (C=O) groups is 2. The van der Waals surface area contributed by atoms with Gasteiger partial charge in [0, 0.05) is 26.2 Å². The highest BCUT2D eigenvalue weighted by molar-refractivity contribution is 5.85. The zero-order valence-corrected chi connectivity index (χ0v) is 12.8. The fourth-order valence-electron chi connectivity index (χ4n) is 3.31. The van der Waals surface area contributed by atoms with E-state index in [1.807, 2.05) is 40.1 Å². The molecule has 2 saturated heterocycles. The van der Waals surface area contributed by atoms with Gasteiger partial charge in [0.15, 0.2) is 0 Å². The molecule has 2 fully saturated rings. The number of piperidine rings is 1. The van der Waals surface area contributed by atoms with Crippen molar-refractivity contribution in [2.24, 2.45) is 0 Å². The second-order valence-electron chi connectivity index (χ2n) is 6.02. The lowest BCUT2D eigenvalue weighted by molar-refractivity contribution is -0.140. The van der Waals surface area contributed by atoms with Crippen LogP contribution in [0.1, 0.15) is 30.9 Å². The summed E-state index contributed by atoms with van der Waals surface area (Å²) in [6.07, 6.45) is 3.35. The van der Waals surface area contributed by atoms with Crippen LogP contribution >= 0.6 is 0 Å². The van der Waals surface area contributed by atoms with Crippen LogP contribution < -0.4 is 5.32 Å². The molecule has 1 unspecified atom stereocenters. The van der Waals surface area contributed by atoms with Gasteiger partial charge in [0.25, 0.3) is 0 Å². The summed E-state index contributed by atoms with van der Waals surface area (Å²) >= 11 is 0. The van der Waals surface area contributed by atoms with Crippen molar-refractivity contribution in [3.63, 3.8) is 0 Å². The second-order valence-corrected chi connectivity index (χ2v) is 6.02. The number of hydrogen-bond donors (Lipinski definition) is 1. The molecule has 3 rings (SSSR count). The number of nitrogens with zero attached hydrogens (tertiary/aromatic N) is 2. The van der Waals surface area contributed by atoms with E-state index in [4.69, 9.17) is 0 Å². The Kier molecular flexibility index (Phi) is 4.73. The van der Waals surface area contributed by atoms with Crippen LogP contribution in [0.5, 0.6) is 0 Å². The van der Waals surface area contributed by atoms with Crippen molar-refractivity contribution in [3.8, 4) is 0 Å². The van der Waals surface area contributed by atoms with Crippen LogP contribution in [0.4, 0.5) is 0 Å². The zero-order chi connectivity index (χ0) is 15.4. The minimum Gasteiger partial charge on any atom is -0.354 e. The number of amides is 2. The molecule has 0 spiro atoms. The van der Waals surface area contributed by atoms with Gasteiger partial charge in [-0.1, -0.05) is 30.3 Å². The Balaban J connectivity index is 1.85. The number of rotatable bonds is 3. The predicted molar refractivity (Wildman–Crippen MR) is 84.2 cm³/mol. The molecule has 0 radical (unpaired) electrons. The molecule has 2 heterocycles. The summed E-state index contributed by atoms with van der Waals surface area (Å²) in [6, 6.07) is 9.49. The zero-order valence-electron chi connectivity index (χ0n) is 12.8. The van der Waals surface area contributed by atoms with Crippen LogP contribution in [-0.2, 0) is 9.59 Å². The number of hydrogen-bond acceptors (Lipinski definition) is 3. The van der Waals surface area contributed by atoms with Crippen LogP contribution in [0.25, 0.3) is 0 Å². The van der Waals surface area contributed by atoms with E-state index >= 15 is 0 Å². The lowest BCUT2D eigenvalue weighted by atomic mass is 10.0. The van der Waals surface area contributed by atoms with Gasteiger partial charge in [0.05, 0.1) is 6.54 Å². The van der Waals surface area contributed by atoms with Crippen molar-refractivity contribution in [2.75, 3.05) is 32.7 Å². The largest absolute Gasteiger partial charge is 0.354 e. The van der Waals surface area contributed by atoms with Crippen molar-refractivity contribution in [1.82, 2.24) is 15.1 Å². The normalized spacial score (nSPS) is 21.3. The van der Waals surface area contributed by atoms with E-state index in [1.54, 1.807) is 0 Å². The molecule has 0 saturated carbocycles. The van der Waals surface area contributed by atoms with Gasteiger partial charge in [-0.2, -0.15) is 0 Å². The topological polar surface area (TPSA) is 52.7 Å². The molecule has 1 atom stereocenters. The lowest BCUT2D eigenvalue weighted by Gasteiger charge is -2.37. The fourth-order valence-corrected chi connectivity index (χ4v) is 3.31. The number of carbonyl (C=O) groups excluding carboxylic acids is 2. The molecule has 118 valence electrons. The van der Waals surface area contributed by atoms with E-state index in [1.165, 1.54) is 6.42 Å². The monoisotopic (exact) mass is 301 g/mol. The van der Waals surface area contributed by atoms with E-state index in [0.29, 0.717) is 19.6 Å². The standard InChI is InChI=1S/C17H23N3O2/c21-15-13-20(12-9-18-15)16(14-7-3-1-4-8-14)17(22)19-10-5-2-6-11-19/h1,3-4,7-8,16H,2,5-6,9-13H2,(H,18,21). The maximum Gasteiger partial charge on any atom is 0.244 e. The molecule has 0 aromatic heterocycles. The molecule has 1 N–H and O–H groups in total. The summed E-state index contributed by atoms with van der Waals surface area (Å²) in [6.45, 7) is 3.28. The predicted octanol–water partition coefficient (Wildman–Crippen LogP) is 1.17. The Labute approximate surface area is 131 Å². The summed E-state index contributed by atoms with van der Waals surface area (Å²) in [5.74, 6) is 0.138. The van der Waals surface area contributed by atoms with E-state index in [0.717, 1.165) is 31.5 Å². The average Bonchev–Trinajstić information content (AvgIpc) is 2.57. The second kappa shape index (κ2) is 6.92. The summed E-state index contributed by atoms with van der Waals surface area (Å²) in [5.41, 5.74) is 0.979. The van der Waals surface area contributed by atoms with Crippen molar-refractivity contribution >= 4 is 11.8 Å². The third-order valence-electron chi connectivity index (χ3n) is 4.45. The molecule has 1 aromatic rings. The average molecular weight is 301 g/mol. The molecule has 2 aliphatic rings. The van der Waals surface area contributed by atoms with Crippen LogP contribution in [0.2, 0.25) is 0 Å². The first-order chi connectivity index (χ1) is 10.8. The summed E-state index contributed by atoms with van der Waals surface area (Å²) in [4.78, 5) is 28.8. The molecule has 5 nitrogen and oxygen atoms in total. The van der Waals surface area contributed by atoms with Crippen molar-refractivity contribution in [2.45, 2.75) is 25.3 Å². The minimum absolute atomic E-state index is 0.00127. The number of piperazine rings is 1. The van der Waals surface area contributed by atoms with Crippen molar-refractivity contribution < 1.29 is 9.59 Å². The Bertz CT molecular complexity index is 526. The highest BCUT2D eigenvalue weighted by Crippen LogP contribution is 2.25. The van der Waals surface area contributed by atoms with Gasteiger partial charge in [-0.15, -0.1) is 0 Å². The molecule has 2 amide bonds. The Morgan fingerprint density at radius 2 is 1.77 bits per heavy atom. The molecule has 22 heavy (non-hydrogen) atoms. The van der Waals surface area contributed by atoms with Gasteiger partial charge in [-0.05, 0) is 24.8 Å². The van der Waals surface area contributed by atoms with Gasteiger partial charge in [-0.25, -0.2) is 0 Å². The van der Waals surface area contributed by atoms with Crippen LogP contribution in [0.15, 0.2) is 30.3 Å². The molecule has 0 aliphatic carbocycles. The van der Waals surface area contributed by atoms with Crippen molar-refractivity contribution in [3.05, 3.63) is 35.9 Å². The van der Waals surface area contributed by atoms with E-state index in [2.05, 4.69) is 5.32 Å². The van der Waals surface area contributed by atoms with Crippen LogP contribution in [0, 0.1) is 0 Å². The van der Waals surface area contributed by atoms with E-state index < -0.39 is 0 Å². The molecule has 1 aromatic carbocycles. The SMILES string of the molecule is O=C1CN(C(C(=O)N2CCCCC2)c2ccccc2)CCN1. The number of likely N-dealkylation sites (tertiary alicyclic amines) is 1. The van der Waals surface area contributed by atoms with E-state index in [-0.39, 0.29) is 17.9 Å². The lowest BCUT2D eigenvalue weighted by Crippen LogP contribution is -2.53. The summed E-state index contributed by atoms with van der Waals surface area (Å²) in [5, 5.41) is 2.83. The Morgan fingerprint density at radius 1 is 1.05 bits per heavy atom. The smallest absolute Gasteiger partial charge is 0.244 e. The molecule has 5 heteroatoms. The highest BCUT2D eigenvalue weighted by Gasteiger charge is 2.34.